The summed E-state index contributed by atoms with van der Waals surface area (Å²) in [4.78, 5) is 4.83. The van der Waals surface area contributed by atoms with Crippen LogP contribution in [0.1, 0.15) is 86.2 Å². The molecule has 13 aromatic rings. The van der Waals surface area contributed by atoms with Crippen molar-refractivity contribution in [1.29, 1.82) is 0 Å². The molecule has 0 N–H and O–H groups in total. The molecule has 0 fully saturated rings. The van der Waals surface area contributed by atoms with Crippen LogP contribution in [0.2, 0.25) is 0 Å². The molecule has 0 radical (unpaired) electrons. The zero-order chi connectivity index (χ0) is 55.1. The van der Waals surface area contributed by atoms with E-state index in [9.17, 15) is 0 Å². The zero-order valence-electron chi connectivity index (χ0n) is 46.7. The summed E-state index contributed by atoms with van der Waals surface area (Å²) in [5.74, 6) is 0.817. The van der Waals surface area contributed by atoms with Crippen LogP contribution in [0, 0.1) is 6.92 Å². The minimum absolute atomic E-state index is 0.0190. The lowest BCUT2D eigenvalue weighted by Crippen LogP contribution is -2.26. The van der Waals surface area contributed by atoms with Crippen LogP contribution in [0.15, 0.2) is 238 Å². The molecule has 81 heavy (non-hydrogen) atoms. The van der Waals surface area contributed by atoms with Gasteiger partial charge in [0.2, 0.25) is 0 Å². The highest BCUT2D eigenvalue weighted by Crippen LogP contribution is 2.66. The molecular weight excluding hydrogens is 989 g/mol. The Balaban J connectivity index is 1.04. The van der Waals surface area contributed by atoms with Crippen LogP contribution in [0.4, 0.5) is 34.1 Å². The molecule has 1 spiro atoms. The molecule has 0 bridgehead atoms. The average Bonchev–Trinajstić information content (AvgIpc) is 2.03. The van der Waals surface area contributed by atoms with Gasteiger partial charge < -0.3 is 23.1 Å². The normalized spacial score (nSPS) is 13.5. The number of para-hydroxylation sites is 2. The van der Waals surface area contributed by atoms with Gasteiger partial charge in [-0.1, -0.05) is 176 Å². The molecule has 0 saturated carbocycles. The average molecular weight is 1050 g/mol. The first-order chi connectivity index (χ1) is 39.3. The van der Waals surface area contributed by atoms with Crippen molar-refractivity contribution < 1.29 is 13.3 Å². The molecule has 2 aliphatic carbocycles. The molecule has 0 amide bonds. The lowest BCUT2D eigenvalue weighted by molar-refractivity contribution is 0.590. The fourth-order valence-corrected chi connectivity index (χ4v) is 13.4. The quantitative estimate of drug-likeness (QED) is 0.142. The zero-order valence-corrected chi connectivity index (χ0v) is 46.7. The van der Waals surface area contributed by atoms with Gasteiger partial charge >= 0.3 is 0 Å². The molecule has 3 aromatic heterocycles. The summed E-state index contributed by atoms with van der Waals surface area (Å²) in [5.41, 5.74) is 22.6. The molecule has 5 nitrogen and oxygen atoms in total. The number of fused-ring (bicyclic) bond motifs is 18. The Hall–Kier alpha value is -9.58. The minimum Gasteiger partial charge on any atom is -0.456 e. The van der Waals surface area contributed by atoms with Crippen LogP contribution < -0.4 is 9.80 Å². The number of nitrogens with zero attached hydrogens (tertiary/aromatic N) is 2. The van der Waals surface area contributed by atoms with Gasteiger partial charge in [-0.2, -0.15) is 0 Å². The largest absolute Gasteiger partial charge is 0.456 e. The summed E-state index contributed by atoms with van der Waals surface area (Å²) >= 11 is 0. The van der Waals surface area contributed by atoms with Crippen molar-refractivity contribution in [3.8, 4) is 22.3 Å². The Labute approximate surface area is 472 Å². The predicted molar refractivity (Wildman–Crippen MR) is 338 cm³/mol. The van der Waals surface area contributed by atoms with Crippen LogP contribution in [0.5, 0.6) is 0 Å². The van der Waals surface area contributed by atoms with Crippen molar-refractivity contribution in [3.05, 3.63) is 270 Å². The standard InChI is InChI=1S/C76H60N2O3/c1-9-10-25-66-46(2)54-39-36-53(44-69(54)79-66)78(50-34-30-48(31-35-50)75(6,7)8)65-45-64-71(73-72(65)60-22-14-18-27-68(60)81-73)59-41-38-51(42-63(59)76(64)61-23-15-11-19-55(61)56-20-12-16-24-62(56)76)77(49-32-28-47(29-33-49)74(3,4)5)52-37-40-58-57-21-13-17-26-67(57)80-70(58)43-52/h9-45H,1H2,2-8H3/b25-10-. The molecule has 5 heteroatoms. The fourth-order valence-electron chi connectivity index (χ4n) is 13.4. The van der Waals surface area contributed by atoms with Crippen LogP contribution in [0.25, 0.3) is 83.2 Å². The summed E-state index contributed by atoms with van der Waals surface area (Å²) in [7, 11) is 0. The van der Waals surface area contributed by atoms with Crippen molar-refractivity contribution in [2.75, 3.05) is 9.80 Å². The SMILES string of the molecule is C=C/C=C\c1oc2cc(N(c3ccc(C(C)(C)C)cc3)c3cc4c(c5oc6ccccc6c35)-c3ccc(N(c5ccc(C(C)(C)C)cc5)c5ccc6c(c5)oc5ccccc56)cc3C43c4ccccc4-c4ccccc43)ccc2c1C. The van der Waals surface area contributed by atoms with Gasteiger partial charge in [0.05, 0.1) is 16.5 Å². The van der Waals surface area contributed by atoms with E-state index in [0.717, 1.165) is 111 Å². The molecule has 0 atom stereocenters. The smallest absolute Gasteiger partial charge is 0.145 e. The molecule has 15 rings (SSSR count). The van der Waals surface area contributed by atoms with E-state index in [1.165, 1.54) is 44.5 Å². The Morgan fingerprint density at radius 1 is 0.420 bits per heavy atom. The van der Waals surface area contributed by atoms with E-state index < -0.39 is 5.41 Å². The third-order valence-electron chi connectivity index (χ3n) is 17.4. The summed E-state index contributed by atoms with van der Waals surface area (Å²) in [6.45, 7) is 19.7. The number of hydrogen-bond acceptors (Lipinski definition) is 5. The minimum atomic E-state index is -0.767. The Morgan fingerprint density at radius 2 is 0.926 bits per heavy atom. The maximum absolute atomic E-state index is 7.42. The number of aryl methyl sites for hydroxylation is 1. The van der Waals surface area contributed by atoms with E-state index in [1.54, 1.807) is 6.08 Å². The molecule has 392 valence electrons. The number of hydrogen-bond donors (Lipinski definition) is 0. The third-order valence-corrected chi connectivity index (χ3v) is 17.4. The highest BCUT2D eigenvalue weighted by molar-refractivity contribution is 6.20. The number of anilines is 6. The number of furan rings is 3. The lowest BCUT2D eigenvalue weighted by Gasteiger charge is -2.33. The van der Waals surface area contributed by atoms with Crippen molar-refractivity contribution in [3.63, 3.8) is 0 Å². The molecular formula is C76H60N2O3. The number of benzene rings is 10. The van der Waals surface area contributed by atoms with E-state index in [2.05, 4.69) is 265 Å². The van der Waals surface area contributed by atoms with Gasteiger partial charge in [-0.25, -0.2) is 0 Å². The van der Waals surface area contributed by atoms with E-state index in [1.807, 2.05) is 18.2 Å². The summed E-state index contributed by atoms with van der Waals surface area (Å²) in [5, 5.41) is 5.36. The van der Waals surface area contributed by atoms with Crippen LogP contribution in [-0.4, -0.2) is 0 Å². The van der Waals surface area contributed by atoms with Gasteiger partial charge in [0, 0.05) is 73.2 Å². The highest BCUT2D eigenvalue weighted by Gasteiger charge is 2.53. The molecule has 0 saturated heterocycles. The predicted octanol–water partition coefficient (Wildman–Crippen LogP) is 21.6. The van der Waals surface area contributed by atoms with Crippen molar-refractivity contribution in [2.24, 2.45) is 0 Å². The topological polar surface area (TPSA) is 45.9 Å². The van der Waals surface area contributed by atoms with Crippen molar-refractivity contribution in [2.45, 2.75) is 64.7 Å². The first-order valence-electron chi connectivity index (χ1n) is 28.2. The van der Waals surface area contributed by atoms with E-state index >= 15 is 0 Å². The van der Waals surface area contributed by atoms with Gasteiger partial charge in [0.15, 0.2) is 0 Å². The van der Waals surface area contributed by atoms with Gasteiger partial charge in [-0.3, -0.25) is 0 Å². The van der Waals surface area contributed by atoms with E-state index in [0.29, 0.717) is 0 Å². The van der Waals surface area contributed by atoms with Gasteiger partial charge in [0.25, 0.3) is 0 Å². The van der Waals surface area contributed by atoms with E-state index in [-0.39, 0.29) is 10.8 Å². The molecule has 10 aromatic carbocycles. The van der Waals surface area contributed by atoms with Crippen LogP contribution in [0.3, 0.4) is 0 Å². The molecule has 0 aliphatic heterocycles. The summed E-state index contributed by atoms with van der Waals surface area (Å²) < 4.78 is 20.7. The second kappa shape index (κ2) is 17.7. The van der Waals surface area contributed by atoms with Gasteiger partial charge in [-0.05, 0) is 153 Å². The van der Waals surface area contributed by atoms with Crippen LogP contribution >= 0.6 is 0 Å². The molecule has 3 heterocycles. The first kappa shape index (κ1) is 48.5. The lowest BCUT2D eigenvalue weighted by atomic mass is 9.70. The Morgan fingerprint density at radius 3 is 1.57 bits per heavy atom. The molecule has 0 unspecified atom stereocenters. The summed E-state index contributed by atoms with van der Waals surface area (Å²) in [6, 6.07) is 76.1. The first-order valence-corrected chi connectivity index (χ1v) is 28.2. The second-order valence-corrected chi connectivity index (χ2v) is 24.1. The van der Waals surface area contributed by atoms with Gasteiger partial charge in [0.1, 0.15) is 33.7 Å². The van der Waals surface area contributed by atoms with Crippen molar-refractivity contribution >= 4 is 95.0 Å². The third kappa shape index (κ3) is 7.24. The highest BCUT2D eigenvalue weighted by atomic mass is 16.3. The summed E-state index contributed by atoms with van der Waals surface area (Å²) in [6.07, 6.45) is 5.71. The molecule has 2 aliphatic rings. The Kier molecular flexibility index (Phi) is 10.6. The fraction of sp³-hybridized carbons (Fsp3) is 0.132. The Bertz CT molecular complexity index is 4710. The van der Waals surface area contributed by atoms with E-state index in [4.69, 9.17) is 13.3 Å². The number of allylic oxidation sites excluding steroid dienone is 2. The van der Waals surface area contributed by atoms with Gasteiger partial charge in [-0.15, -0.1) is 0 Å². The second-order valence-electron chi connectivity index (χ2n) is 24.1. The van der Waals surface area contributed by atoms with Crippen molar-refractivity contribution in [1.82, 2.24) is 0 Å². The van der Waals surface area contributed by atoms with Crippen LogP contribution in [-0.2, 0) is 16.2 Å². The maximum Gasteiger partial charge on any atom is 0.145 e. The maximum atomic E-state index is 7.42. The number of rotatable bonds is 8. The monoisotopic (exact) mass is 1050 g/mol.